The van der Waals surface area contributed by atoms with Crippen molar-refractivity contribution in [1.82, 2.24) is 15.0 Å². The van der Waals surface area contributed by atoms with Gasteiger partial charge in [0.2, 0.25) is 5.89 Å². The third-order valence-electron chi connectivity index (χ3n) is 3.12. The van der Waals surface area contributed by atoms with Gasteiger partial charge in [0.15, 0.2) is 5.82 Å². The van der Waals surface area contributed by atoms with E-state index in [0.29, 0.717) is 10.7 Å². The summed E-state index contributed by atoms with van der Waals surface area (Å²) >= 11 is 2.44. The van der Waals surface area contributed by atoms with Crippen LogP contribution in [0, 0.1) is 0 Å². The van der Waals surface area contributed by atoms with Crippen molar-refractivity contribution in [2.45, 2.75) is 32.7 Å². The van der Waals surface area contributed by atoms with Crippen LogP contribution in [-0.2, 0) is 16.8 Å². The molecule has 0 unspecified atom stereocenters. The van der Waals surface area contributed by atoms with Crippen LogP contribution >= 0.6 is 23.1 Å². The summed E-state index contributed by atoms with van der Waals surface area (Å²) in [6, 6.07) is 3.79. The summed E-state index contributed by atoms with van der Waals surface area (Å²) in [5, 5.41) is 5.50. The van der Waals surface area contributed by atoms with E-state index in [4.69, 9.17) is 4.52 Å². The molecule has 0 radical (unpaired) electrons. The molecule has 0 N–H and O–H groups in total. The first-order chi connectivity index (χ1) is 10.8. The van der Waals surface area contributed by atoms with Gasteiger partial charge in [-0.1, -0.05) is 32.0 Å². The smallest absolute Gasteiger partial charge is 0.294 e. The predicted molar refractivity (Wildman–Crippen MR) is 88.8 cm³/mol. The van der Waals surface area contributed by atoms with Crippen molar-refractivity contribution < 1.29 is 14.1 Å². The van der Waals surface area contributed by atoms with E-state index in [1.807, 2.05) is 38.3 Å². The molecule has 6 nitrogen and oxygen atoms in total. The van der Waals surface area contributed by atoms with Crippen LogP contribution in [0.3, 0.4) is 0 Å². The Bertz CT molecular complexity index is 772. The highest BCUT2D eigenvalue weighted by atomic mass is 32.2. The molecule has 23 heavy (non-hydrogen) atoms. The molecule has 2 aromatic heterocycles. The highest BCUT2D eigenvalue weighted by Crippen LogP contribution is 2.34. The summed E-state index contributed by atoms with van der Waals surface area (Å²) in [5.74, 6) is 0.479. The third-order valence-corrected chi connectivity index (χ3v) is 4.85. The summed E-state index contributed by atoms with van der Waals surface area (Å²) in [6.45, 7) is 5.89. The molecule has 1 aliphatic rings. The Labute approximate surface area is 141 Å². The lowest BCUT2D eigenvalue weighted by Gasteiger charge is -2.11. The van der Waals surface area contributed by atoms with Gasteiger partial charge in [0.05, 0.1) is 4.91 Å². The second-order valence-electron chi connectivity index (χ2n) is 6.04. The average molecular weight is 349 g/mol. The van der Waals surface area contributed by atoms with E-state index in [2.05, 4.69) is 10.1 Å². The Morgan fingerprint density at radius 2 is 2.13 bits per heavy atom. The first kappa shape index (κ1) is 15.9. The van der Waals surface area contributed by atoms with Crippen LogP contribution in [0.25, 0.3) is 6.08 Å². The van der Waals surface area contributed by atoms with Crippen molar-refractivity contribution in [3.63, 3.8) is 0 Å². The summed E-state index contributed by atoms with van der Waals surface area (Å²) < 4.78 is 5.16. The van der Waals surface area contributed by atoms with Gasteiger partial charge >= 0.3 is 0 Å². The molecule has 0 atom stereocenters. The molecule has 3 rings (SSSR count). The fraction of sp³-hybridized carbons (Fsp3) is 0.333. The van der Waals surface area contributed by atoms with Gasteiger partial charge < -0.3 is 4.52 Å². The Kier molecular flexibility index (Phi) is 4.11. The summed E-state index contributed by atoms with van der Waals surface area (Å²) in [4.78, 5) is 31.2. The van der Waals surface area contributed by atoms with Crippen molar-refractivity contribution in [3.05, 3.63) is 39.0 Å². The maximum atomic E-state index is 12.4. The number of thiophene rings is 1. The number of rotatable bonds is 3. The lowest BCUT2D eigenvalue weighted by Crippen LogP contribution is -2.27. The molecule has 2 aromatic rings. The van der Waals surface area contributed by atoms with Gasteiger partial charge in [-0.25, -0.2) is 0 Å². The predicted octanol–water partition coefficient (Wildman–Crippen LogP) is 3.67. The van der Waals surface area contributed by atoms with Crippen molar-refractivity contribution in [3.8, 4) is 0 Å². The van der Waals surface area contributed by atoms with E-state index in [0.717, 1.165) is 21.5 Å². The Balaban J connectivity index is 1.77. The Morgan fingerprint density at radius 3 is 2.74 bits per heavy atom. The number of amides is 2. The third kappa shape index (κ3) is 3.37. The molecular formula is C15H15N3O3S2. The lowest BCUT2D eigenvalue weighted by molar-refractivity contribution is -0.123. The number of aromatic nitrogens is 2. The summed E-state index contributed by atoms with van der Waals surface area (Å²) in [7, 11) is 0. The summed E-state index contributed by atoms with van der Waals surface area (Å²) in [5.41, 5.74) is -0.250. The molecule has 1 saturated heterocycles. The van der Waals surface area contributed by atoms with E-state index in [9.17, 15) is 9.59 Å². The number of carbonyl (C=O) groups is 2. The zero-order valence-corrected chi connectivity index (χ0v) is 14.5. The first-order valence-electron chi connectivity index (χ1n) is 6.96. The number of carbonyl (C=O) groups excluding carboxylic acids is 2. The maximum Gasteiger partial charge on any atom is 0.294 e. The van der Waals surface area contributed by atoms with E-state index in [1.165, 1.54) is 11.3 Å². The number of hydrogen-bond acceptors (Lipinski definition) is 7. The van der Waals surface area contributed by atoms with Gasteiger partial charge in [-0.05, 0) is 29.3 Å². The Hall–Kier alpha value is -1.93. The fourth-order valence-electron chi connectivity index (χ4n) is 1.90. The first-order valence-corrected chi connectivity index (χ1v) is 8.66. The zero-order valence-electron chi connectivity index (χ0n) is 12.9. The van der Waals surface area contributed by atoms with Crippen molar-refractivity contribution in [2.75, 3.05) is 0 Å². The molecule has 0 aromatic carbocycles. The van der Waals surface area contributed by atoms with Gasteiger partial charge in [-0.15, -0.1) is 11.3 Å². The molecule has 2 amide bonds. The van der Waals surface area contributed by atoms with Crippen LogP contribution in [0.4, 0.5) is 4.79 Å². The van der Waals surface area contributed by atoms with Crippen molar-refractivity contribution in [2.24, 2.45) is 0 Å². The van der Waals surface area contributed by atoms with Gasteiger partial charge in [0.1, 0.15) is 6.54 Å². The second kappa shape index (κ2) is 5.93. The van der Waals surface area contributed by atoms with Gasteiger partial charge in [0.25, 0.3) is 11.1 Å². The van der Waals surface area contributed by atoms with E-state index in [-0.39, 0.29) is 29.0 Å². The van der Waals surface area contributed by atoms with E-state index >= 15 is 0 Å². The minimum atomic E-state index is -0.330. The van der Waals surface area contributed by atoms with E-state index < -0.39 is 0 Å². The SMILES string of the molecule is CC(C)(C)c1noc(CN2C(=O)S/C(=C/c3cccs3)C2=O)n1. The van der Waals surface area contributed by atoms with Gasteiger partial charge in [0, 0.05) is 10.3 Å². The zero-order chi connectivity index (χ0) is 16.6. The number of imide groups is 1. The van der Waals surface area contributed by atoms with Gasteiger partial charge in [-0.3, -0.25) is 14.5 Å². The topological polar surface area (TPSA) is 76.3 Å². The van der Waals surface area contributed by atoms with Crippen LogP contribution < -0.4 is 0 Å². The number of thioether (sulfide) groups is 1. The molecular weight excluding hydrogens is 334 g/mol. The van der Waals surface area contributed by atoms with E-state index in [1.54, 1.807) is 6.08 Å². The second-order valence-corrected chi connectivity index (χ2v) is 8.02. The normalized spacial score (nSPS) is 17.5. The van der Waals surface area contributed by atoms with Crippen LogP contribution in [-0.4, -0.2) is 26.2 Å². The monoisotopic (exact) mass is 349 g/mol. The lowest BCUT2D eigenvalue weighted by atomic mass is 9.96. The molecule has 0 bridgehead atoms. The molecule has 0 aliphatic carbocycles. The van der Waals surface area contributed by atoms with Crippen molar-refractivity contribution >= 4 is 40.3 Å². The summed E-state index contributed by atoms with van der Waals surface area (Å²) in [6.07, 6.45) is 1.73. The standard InChI is InChI=1S/C15H15N3O3S2/c1-15(2,3)13-16-11(21-17-13)8-18-12(19)10(23-14(18)20)7-9-5-4-6-22-9/h4-7H,8H2,1-3H3/b10-7+. The van der Waals surface area contributed by atoms with Crippen LogP contribution in [0.5, 0.6) is 0 Å². The quantitative estimate of drug-likeness (QED) is 0.787. The molecule has 1 fully saturated rings. The Morgan fingerprint density at radius 1 is 1.35 bits per heavy atom. The van der Waals surface area contributed by atoms with Crippen LogP contribution in [0.1, 0.15) is 37.4 Å². The van der Waals surface area contributed by atoms with Crippen LogP contribution in [0.15, 0.2) is 26.9 Å². The molecule has 1 aliphatic heterocycles. The minimum absolute atomic E-state index is 0.00444. The van der Waals surface area contributed by atoms with Crippen molar-refractivity contribution in [1.29, 1.82) is 0 Å². The highest BCUT2D eigenvalue weighted by Gasteiger charge is 2.36. The largest absolute Gasteiger partial charge is 0.337 e. The fourth-order valence-corrected chi connectivity index (χ4v) is 3.46. The average Bonchev–Trinajstić information content (AvgIpc) is 3.17. The number of nitrogens with zero attached hydrogens (tertiary/aromatic N) is 3. The molecule has 0 spiro atoms. The van der Waals surface area contributed by atoms with Crippen LogP contribution in [0.2, 0.25) is 0 Å². The molecule has 120 valence electrons. The molecule has 0 saturated carbocycles. The maximum absolute atomic E-state index is 12.4. The minimum Gasteiger partial charge on any atom is -0.337 e. The highest BCUT2D eigenvalue weighted by molar-refractivity contribution is 8.18. The number of hydrogen-bond donors (Lipinski definition) is 0. The van der Waals surface area contributed by atoms with Gasteiger partial charge in [-0.2, -0.15) is 4.98 Å². The molecule has 8 heteroatoms. The molecule has 3 heterocycles.